The van der Waals surface area contributed by atoms with E-state index in [1.54, 1.807) is 0 Å². The largest absolute Gasteiger partial charge is 0.378 e. The third-order valence-corrected chi connectivity index (χ3v) is 3.60. The smallest absolute Gasteiger partial charge is 0.137 e. The summed E-state index contributed by atoms with van der Waals surface area (Å²) in [6.45, 7) is 5.54. The second-order valence-electron chi connectivity index (χ2n) is 4.74. The van der Waals surface area contributed by atoms with Gasteiger partial charge in [-0.05, 0) is 39.5 Å². The predicted octanol–water partition coefficient (Wildman–Crippen LogP) is 3.12. The Morgan fingerprint density at radius 3 is 2.89 bits per heavy atom. The normalized spacial score (nSPS) is 19.8. The van der Waals surface area contributed by atoms with Crippen molar-refractivity contribution in [1.29, 1.82) is 0 Å². The number of nitrogens with one attached hydrogen (secondary N) is 1. The minimum absolute atomic E-state index is 0.393. The number of rotatable bonds is 4. The van der Waals surface area contributed by atoms with Crippen LogP contribution >= 0.6 is 11.6 Å². The number of halogens is 1. The van der Waals surface area contributed by atoms with E-state index in [2.05, 4.69) is 15.3 Å². The molecule has 0 saturated carbocycles. The molecule has 2 heterocycles. The van der Waals surface area contributed by atoms with Crippen LogP contribution in [-0.4, -0.2) is 29.2 Å². The second-order valence-corrected chi connectivity index (χ2v) is 5.10. The molecule has 100 valence electrons. The lowest BCUT2D eigenvalue weighted by Crippen LogP contribution is -2.22. The lowest BCUT2D eigenvalue weighted by molar-refractivity contribution is 0.0134. The zero-order valence-electron chi connectivity index (χ0n) is 11.0. The van der Waals surface area contributed by atoms with Crippen LogP contribution in [0, 0.1) is 13.8 Å². The van der Waals surface area contributed by atoms with E-state index in [1.807, 2.05) is 13.8 Å². The van der Waals surface area contributed by atoms with Gasteiger partial charge in [0.2, 0.25) is 0 Å². The Morgan fingerprint density at radius 1 is 1.33 bits per heavy atom. The van der Waals surface area contributed by atoms with E-state index in [9.17, 15) is 0 Å². The van der Waals surface area contributed by atoms with Crippen LogP contribution in [0.15, 0.2) is 0 Å². The summed E-state index contributed by atoms with van der Waals surface area (Å²) >= 11 is 6.03. The molecule has 4 nitrogen and oxygen atoms in total. The molecule has 1 atom stereocenters. The van der Waals surface area contributed by atoms with E-state index >= 15 is 0 Å². The van der Waals surface area contributed by atoms with Crippen molar-refractivity contribution in [2.45, 2.75) is 45.6 Å². The first kappa shape index (κ1) is 13.6. The van der Waals surface area contributed by atoms with Gasteiger partial charge in [-0.2, -0.15) is 0 Å². The van der Waals surface area contributed by atoms with Crippen molar-refractivity contribution >= 4 is 17.4 Å². The molecule has 0 spiro atoms. The number of ether oxygens (including phenoxy) is 1. The molecule has 1 unspecified atom stereocenters. The van der Waals surface area contributed by atoms with Crippen LogP contribution in [0.25, 0.3) is 0 Å². The van der Waals surface area contributed by atoms with Gasteiger partial charge < -0.3 is 10.1 Å². The quantitative estimate of drug-likeness (QED) is 0.853. The Hall–Kier alpha value is -0.870. The fourth-order valence-corrected chi connectivity index (χ4v) is 2.36. The van der Waals surface area contributed by atoms with Gasteiger partial charge in [-0.1, -0.05) is 11.6 Å². The molecule has 1 fully saturated rings. The van der Waals surface area contributed by atoms with Crippen molar-refractivity contribution in [2.24, 2.45) is 0 Å². The van der Waals surface area contributed by atoms with E-state index in [1.165, 1.54) is 19.3 Å². The predicted molar refractivity (Wildman–Crippen MR) is 73.2 cm³/mol. The van der Waals surface area contributed by atoms with Gasteiger partial charge in [0, 0.05) is 18.7 Å². The van der Waals surface area contributed by atoms with E-state index in [0.717, 1.165) is 31.0 Å². The van der Waals surface area contributed by atoms with E-state index in [0.29, 0.717) is 17.1 Å². The van der Waals surface area contributed by atoms with Crippen LogP contribution in [0.1, 0.15) is 37.1 Å². The van der Waals surface area contributed by atoms with Gasteiger partial charge in [0.15, 0.2) is 0 Å². The molecular formula is C13H20ClN3O. The Morgan fingerprint density at radius 2 is 2.17 bits per heavy atom. The Labute approximate surface area is 113 Å². The summed E-state index contributed by atoms with van der Waals surface area (Å²) in [5, 5.41) is 3.85. The molecule has 1 saturated heterocycles. The highest BCUT2D eigenvalue weighted by molar-refractivity contribution is 6.30. The molecule has 0 bridgehead atoms. The first-order valence-electron chi connectivity index (χ1n) is 6.53. The zero-order chi connectivity index (χ0) is 13.0. The molecule has 1 aliphatic heterocycles. The van der Waals surface area contributed by atoms with Gasteiger partial charge in [-0.25, -0.2) is 9.97 Å². The maximum absolute atomic E-state index is 6.03. The Balaban J connectivity index is 1.86. The first-order chi connectivity index (χ1) is 8.66. The Kier molecular flexibility index (Phi) is 4.78. The number of aryl methyl sites for hydroxylation is 1. The number of aromatic nitrogens is 2. The molecule has 2 rings (SSSR count). The van der Waals surface area contributed by atoms with Crippen LogP contribution < -0.4 is 5.32 Å². The standard InChI is InChI=1S/C13H20ClN3O/c1-9-12(14)16-10(2)17-13(9)15-7-6-11-5-3-4-8-18-11/h11H,3-8H2,1-2H3,(H,15,16,17). The molecule has 5 heteroatoms. The van der Waals surface area contributed by atoms with Crippen LogP contribution in [0.3, 0.4) is 0 Å². The average molecular weight is 270 g/mol. The van der Waals surface area contributed by atoms with Crippen molar-refractivity contribution in [1.82, 2.24) is 9.97 Å². The van der Waals surface area contributed by atoms with Crippen LogP contribution in [0.5, 0.6) is 0 Å². The summed E-state index contributed by atoms with van der Waals surface area (Å²) in [5.74, 6) is 1.53. The van der Waals surface area contributed by atoms with Crippen LogP contribution in [0.4, 0.5) is 5.82 Å². The highest BCUT2D eigenvalue weighted by atomic mass is 35.5. The zero-order valence-corrected chi connectivity index (χ0v) is 11.8. The number of hydrogen-bond acceptors (Lipinski definition) is 4. The van der Waals surface area contributed by atoms with Gasteiger partial charge in [0.25, 0.3) is 0 Å². The highest BCUT2D eigenvalue weighted by Gasteiger charge is 2.14. The van der Waals surface area contributed by atoms with Gasteiger partial charge in [0.1, 0.15) is 16.8 Å². The molecule has 1 N–H and O–H groups in total. The fraction of sp³-hybridized carbons (Fsp3) is 0.692. The van der Waals surface area contributed by atoms with Gasteiger partial charge in [-0.15, -0.1) is 0 Å². The monoisotopic (exact) mass is 269 g/mol. The van der Waals surface area contributed by atoms with Crippen molar-refractivity contribution < 1.29 is 4.74 Å². The number of nitrogens with zero attached hydrogens (tertiary/aromatic N) is 2. The summed E-state index contributed by atoms with van der Waals surface area (Å²) in [6.07, 6.45) is 5.06. The summed E-state index contributed by atoms with van der Waals surface area (Å²) in [7, 11) is 0. The molecule has 18 heavy (non-hydrogen) atoms. The minimum Gasteiger partial charge on any atom is -0.378 e. The number of anilines is 1. The maximum atomic E-state index is 6.03. The molecule has 0 aliphatic carbocycles. The molecule has 0 aromatic carbocycles. The van der Waals surface area contributed by atoms with E-state index in [-0.39, 0.29) is 0 Å². The molecule has 1 aromatic rings. The summed E-state index contributed by atoms with van der Waals surface area (Å²) in [6, 6.07) is 0. The molecule has 0 radical (unpaired) electrons. The van der Waals surface area contributed by atoms with Crippen molar-refractivity contribution in [3.8, 4) is 0 Å². The molecule has 0 amide bonds. The molecule has 1 aliphatic rings. The Bertz CT molecular complexity index is 405. The van der Waals surface area contributed by atoms with Crippen LogP contribution in [0.2, 0.25) is 5.15 Å². The third kappa shape index (κ3) is 3.56. The maximum Gasteiger partial charge on any atom is 0.137 e. The lowest BCUT2D eigenvalue weighted by atomic mass is 10.1. The van der Waals surface area contributed by atoms with Gasteiger partial charge in [-0.3, -0.25) is 0 Å². The lowest BCUT2D eigenvalue weighted by Gasteiger charge is -2.22. The van der Waals surface area contributed by atoms with Crippen molar-refractivity contribution in [3.63, 3.8) is 0 Å². The SMILES string of the molecule is Cc1nc(Cl)c(C)c(NCCC2CCCCO2)n1. The van der Waals surface area contributed by atoms with Crippen molar-refractivity contribution in [3.05, 3.63) is 16.5 Å². The third-order valence-electron chi connectivity index (χ3n) is 3.23. The summed E-state index contributed by atoms with van der Waals surface area (Å²) in [4.78, 5) is 8.49. The fourth-order valence-electron chi connectivity index (χ4n) is 2.15. The summed E-state index contributed by atoms with van der Waals surface area (Å²) < 4.78 is 5.69. The topological polar surface area (TPSA) is 47.0 Å². The second kappa shape index (κ2) is 6.34. The van der Waals surface area contributed by atoms with E-state index in [4.69, 9.17) is 16.3 Å². The van der Waals surface area contributed by atoms with E-state index < -0.39 is 0 Å². The number of hydrogen-bond donors (Lipinski definition) is 1. The van der Waals surface area contributed by atoms with Gasteiger partial charge >= 0.3 is 0 Å². The van der Waals surface area contributed by atoms with Crippen LogP contribution in [-0.2, 0) is 4.74 Å². The van der Waals surface area contributed by atoms with Gasteiger partial charge in [0.05, 0.1) is 6.10 Å². The molecule has 1 aromatic heterocycles. The molecular weight excluding hydrogens is 250 g/mol. The highest BCUT2D eigenvalue weighted by Crippen LogP contribution is 2.20. The first-order valence-corrected chi connectivity index (χ1v) is 6.91. The van der Waals surface area contributed by atoms with Crippen molar-refractivity contribution in [2.75, 3.05) is 18.5 Å². The summed E-state index contributed by atoms with van der Waals surface area (Å²) in [5.41, 5.74) is 0.909. The minimum atomic E-state index is 0.393. The average Bonchev–Trinajstić information content (AvgIpc) is 2.36.